The average Bonchev–Trinajstić information content (AvgIpc) is 3.03. The molecule has 0 aliphatic heterocycles. The van der Waals surface area contributed by atoms with Crippen molar-refractivity contribution in [1.29, 1.82) is 0 Å². The van der Waals surface area contributed by atoms with Gasteiger partial charge in [0.15, 0.2) is 5.65 Å². The van der Waals surface area contributed by atoms with E-state index < -0.39 is 0 Å². The van der Waals surface area contributed by atoms with Gasteiger partial charge in [-0.2, -0.15) is 10.1 Å². The van der Waals surface area contributed by atoms with Crippen LogP contribution in [0.4, 0.5) is 0 Å². The lowest BCUT2D eigenvalue weighted by molar-refractivity contribution is 0.977. The smallest absolute Gasteiger partial charge is 0.252 e. The second-order valence-corrected chi connectivity index (χ2v) is 4.50. The van der Waals surface area contributed by atoms with Crippen molar-refractivity contribution in [2.45, 2.75) is 13.3 Å². The molecule has 0 unspecified atom stereocenters. The second-order valence-electron chi connectivity index (χ2n) is 4.14. The molecule has 4 aromatic heterocycles. The molecule has 7 nitrogen and oxygen atoms in total. The topological polar surface area (TPSA) is 84.7 Å². The SMILES string of the molecule is CCc1nnc2ncc3c(Cl)nc4nc[nH]n4c3c12. The van der Waals surface area contributed by atoms with Crippen LogP contribution in [0.3, 0.4) is 0 Å². The molecular weight excluding hydrogens is 266 g/mol. The van der Waals surface area contributed by atoms with Crippen LogP contribution in [0.1, 0.15) is 12.6 Å². The van der Waals surface area contributed by atoms with Crippen LogP contribution in [0.25, 0.3) is 27.7 Å². The van der Waals surface area contributed by atoms with Crippen molar-refractivity contribution in [3.8, 4) is 0 Å². The summed E-state index contributed by atoms with van der Waals surface area (Å²) in [6, 6.07) is 0. The molecule has 0 fully saturated rings. The predicted molar refractivity (Wildman–Crippen MR) is 70.1 cm³/mol. The van der Waals surface area contributed by atoms with E-state index in [2.05, 4.69) is 30.2 Å². The molecule has 0 saturated heterocycles. The molecule has 0 aliphatic rings. The summed E-state index contributed by atoms with van der Waals surface area (Å²) in [4.78, 5) is 12.6. The molecule has 0 aromatic carbocycles. The third kappa shape index (κ3) is 1.30. The van der Waals surface area contributed by atoms with Crippen LogP contribution in [-0.4, -0.2) is 34.8 Å². The molecule has 0 amide bonds. The van der Waals surface area contributed by atoms with E-state index in [1.165, 1.54) is 0 Å². The zero-order valence-electron chi connectivity index (χ0n) is 9.92. The number of hydrogen-bond donors (Lipinski definition) is 1. The van der Waals surface area contributed by atoms with Crippen molar-refractivity contribution in [2.24, 2.45) is 0 Å². The monoisotopic (exact) mass is 273 g/mol. The maximum absolute atomic E-state index is 6.20. The Hall–Kier alpha value is -2.28. The molecule has 0 saturated carbocycles. The molecule has 0 radical (unpaired) electrons. The number of H-pyrrole nitrogens is 1. The van der Waals surface area contributed by atoms with Gasteiger partial charge in [-0.05, 0) is 6.42 Å². The van der Waals surface area contributed by atoms with Crippen LogP contribution in [0, 0.1) is 0 Å². The molecule has 0 spiro atoms. The largest absolute Gasteiger partial charge is 0.280 e. The highest BCUT2D eigenvalue weighted by atomic mass is 35.5. The van der Waals surface area contributed by atoms with Crippen LogP contribution >= 0.6 is 11.6 Å². The highest BCUT2D eigenvalue weighted by molar-refractivity contribution is 6.35. The average molecular weight is 274 g/mol. The standard InChI is InChI=1S/C11H8ClN7/c1-2-6-7-8-5(3-13-10(7)18-17-6)9(12)16-11-14-4-15-19(8)11/h3-4H,2H2,1H3,(H,14,15,16). The first-order valence-corrected chi connectivity index (χ1v) is 6.18. The Balaban J connectivity index is 2.39. The summed E-state index contributed by atoms with van der Waals surface area (Å²) in [7, 11) is 0. The van der Waals surface area contributed by atoms with Gasteiger partial charge < -0.3 is 0 Å². The number of aryl methyl sites for hydroxylation is 1. The van der Waals surface area contributed by atoms with E-state index in [0.717, 1.165) is 28.4 Å². The van der Waals surface area contributed by atoms with Crippen LogP contribution in [0.2, 0.25) is 5.15 Å². The zero-order valence-corrected chi connectivity index (χ0v) is 10.7. The number of halogens is 1. The van der Waals surface area contributed by atoms with E-state index in [1.54, 1.807) is 17.0 Å². The normalized spacial score (nSPS) is 11.9. The minimum absolute atomic E-state index is 0.375. The highest BCUT2D eigenvalue weighted by Crippen LogP contribution is 2.28. The number of pyridine rings is 1. The van der Waals surface area contributed by atoms with Crippen molar-refractivity contribution >= 4 is 39.3 Å². The lowest BCUT2D eigenvalue weighted by Gasteiger charge is -2.04. The van der Waals surface area contributed by atoms with Gasteiger partial charge in [0.05, 0.1) is 22.0 Å². The molecule has 0 atom stereocenters. The van der Waals surface area contributed by atoms with Gasteiger partial charge >= 0.3 is 0 Å². The molecular formula is C11H8ClN7. The summed E-state index contributed by atoms with van der Waals surface area (Å²) < 4.78 is 1.77. The van der Waals surface area contributed by atoms with Crippen LogP contribution in [-0.2, 0) is 6.42 Å². The fourth-order valence-electron chi connectivity index (χ4n) is 2.27. The third-order valence-electron chi connectivity index (χ3n) is 3.13. The second kappa shape index (κ2) is 3.61. The first kappa shape index (κ1) is 10.6. The van der Waals surface area contributed by atoms with Gasteiger partial charge in [-0.1, -0.05) is 18.5 Å². The lowest BCUT2D eigenvalue weighted by Crippen LogP contribution is -1.97. The van der Waals surface area contributed by atoms with E-state index in [-0.39, 0.29) is 0 Å². The summed E-state index contributed by atoms with van der Waals surface area (Å²) in [6.45, 7) is 2.03. The first-order chi connectivity index (χ1) is 9.29. The number of rotatable bonds is 1. The van der Waals surface area contributed by atoms with Crippen LogP contribution in [0.15, 0.2) is 12.5 Å². The van der Waals surface area contributed by atoms with E-state index in [4.69, 9.17) is 11.6 Å². The Labute approximate surface area is 111 Å². The molecule has 8 heteroatoms. The zero-order chi connectivity index (χ0) is 13.0. The van der Waals surface area contributed by atoms with Crippen molar-refractivity contribution in [1.82, 2.24) is 34.8 Å². The number of nitrogens with zero attached hydrogens (tertiary/aromatic N) is 6. The van der Waals surface area contributed by atoms with E-state index in [0.29, 0.717) is 16.6 Å². The Bertz CT molecular complexity index is 923. The van der Waals surface area contributed by atoms with Gasteiger partial charge in [0, 0.05) is 6.20 Å². The Morgan fingerprint density at radius 2 is 2.21 bits per heavy atom. The van der Waals surface area contributed by atoms with Gasteiger partial charge in [-0.3, -0.25) is 5.10 Å². The quantitative estimate of drug-likeness (QED) is 0.534. The predicted octanol–water partition coefficient (Wildman–Crippen LogP) is 1.76. The summed E-state index contributed by atoms with van der Waals surface area (Å²) in [5.41, 5.74) is 2.35. The van der Waals surface area contributed by atoms with Gasteiger partial charge in [0.2, 0.25) is 0 Å². The van der Waals surface area contributed by atoms with Crippen LogP contribution in [0.5, 0.6) is 0 Å². The maximum Gasteiger partial charge on any atom is 0.252 e. The Morgan fingerprint density at radius 1 is 1.32 bits per heavy atom. The van der Waals surface area contributed by atoms with Crippen molar-refractivity contribution in [3.63, 3.8) is 0 Å². The number of hydrogen-bond acceptors (Lipinski definition) is 5. The van der Waals surface area contributed by atoms with Gasteiger partial charge in [0.25, 0.3) is 5.78 Å². The summed E-state index contributed by atoms with van der Waals surface area (Å²) >= 11 is 6.20. The highest BCUT2D eigenvalue weighted by Gasteiger charge is 2.16. The summed E-state index contributed by atoms with van der Waals surface area (Å²) in [6.07, 6.45) is 4.00. The summed E-state index contributed by atoms with van der Waals surface area (Å²) in [5, 5.41) is 13.3. The third-order valence-corrected chi connectivity index (χ3v) is 3.42. The maximum atomic E-state index is 6.20. The van der Waals surface area contributed by atoms with E-state index >= 15 is 0 Å². The number of aromatic nitrogens is 7. The van der Waals surface area contributed by atoms with Gasteiger partial charge in [-0.25, -0.2) is 14.5 Å². The Morgan fingerprint density at radius 3 is 3.05 bits per heavy atom. The number of fused-ring (bicyclic) bond motifs is 5. The fraction of sp³-hybridized carbons (Fsp3) is 0.182. The summed E-state index contributed by atoms with van der Waals surface area (Å²) in [5.74, 6) is 0.508. The molecule has 4 heterocycles. The first-order valence-electron chi connectivity index (χ1n) is 5.81. The van der Waals surface area contributed by atoms with Crippen molar-refractivity contribution in [2.75, 3.05) is 0 Å². The molecule has 19 heavy (non-hydrogen) atoms. The number of nitrogens with one attached hydrogen (secondary N) is 1. The minimum atomic E-state index is 0.375. The van der Waals surface area contributed by atoms with E-state index in [1.807, 2.05) is 6.92 Å². The molecule has 1 N–H and O–H groups in total. The molecule has 94 valence electrons. The van der Waals surface area contributed by atoms with Gasteiger partial charge in [0.1, 0.15) is 11.5 Å². The minimum Gasteiger partial charge on any atom is -0.280 e. The molecule has 4 rings (SSSR count). The Kier molecular flexibility index (Phi) is 2.02. The fourth-order valence-corrected chi connectivity index (χ4v) is 2.49. The lowest BCUT2D eigenvalue weighted by atomic mass is 10.2. The number of aromatic amines is 1. The molecule has 4 aromatic rings. The van der Waals surface area contributed by atoms with Crippen molar-refractivity contribution < 1.29 is 0 Å². The van der Waals surface area contributed by atoms with Crippen molar-refractivity contribution in [3.05, 3.63) is 23.4 Å². The van der Waals surface area contributed by atoms with Crippen LogP contribution < -0.4 is 0 Å². The molecule has 0 aliphatic carbocycles. The van der Waals surface area contributed by atoms with E-state index in [9.17, 15) is 0 Å². The molecule has 0 bridgehead atoms. The van der Waals surface area contributed by atoms with Gasteiger partial charge in [-0.15, -0.1) is 5.10 Å².